The molecule has 1 saturated carbocycles. The second kappa shape index (κ2) is 6.05. The summed E-state index contributed by atoms with van der Waals surface area (Å²) < 4.78 is 7.42. The van der Waals surface area contributed by atoms with Crippen LogP contribution in [0.3, 0.4) is 0 Å². The van der Waals surface area contributed by atoms with Crippen LogP contribution in [0.5, 0.6) is 0 Å². The van der Waals surface area contributed by atoms with Crippen molar-refractivity contribution in [3.63, 3.8) is 0 Å². The number of rotatable bonds is 5. The average Bonchev–Trinajstić information content (AvgIpc) is 3.05. The van der Waals surface area contributed by atoms with Gasteiger partial charge in [0, 0.05) is 26.6 Å². The quantitative estimate of drug-likeness (QED) is 0.842. The largest absolute Gasteiger partial charge is 0.382 e. The summed E-state index contributed by atoms with van der Waals surface area (Å²) >= 11 is 1.47. The molecule has 122 valence electrons. The maximum atomic E-state index is 12.8. The van der Waals surface area contributed by atoms with Crippen molar-refractivity contribution in [1.82, 2.24) is 19.9 Å². The minimum absolute atomic E-state index is 0.0597. The van der Waals surface area contributed by atoms with Gasteiger partial charge in [0.25, 0.3) is 5.91 Å². The molecule has 2 aliphatic rings. The van der Waals surface area contributed by atoms with Gasteiger partial charge in [0.2, 0.25) is 0 Å². The van der Waals surface area contributed by atoms with Crippen molar-refractivity contribution in [1.29, 1.82) is 0 Å². The van der Waals surface area contributed by atoms with Gasteiger partial charge in [-0.3, -0.25) is 4.79 Å². The minimum atomic E-state index is -0.147. The monoisotopic (exact) mass is 332 g/mol. The minimum Gasteiger partial charge on any atom is -0.382 e. The molecular weight excluding hydrogens is 312 g/mol. The molecule has 23 heavy (non-hydrogen) atoms. The Balaban J connectivity index is 1.62. The van der Waals surface area contributed by atoms with Gasteiger partial charge in [-0.25, -0.2) is 4.68 Å². The highest BCUT2D eigenvalue weighted by atomic mass is 32.1. The highest BCUT2D eigenvalue weighted by Crippen LogP contribution is 2.34. The highest BCUT2D eigenvalue weighted by molar-refractivity contribution is 7.12. The number of hydrogen-bond donors (Lipinski definition) is 0. The molecule has 0 saturated heterocycles. The summed E-state index contributed by atoms with van der Waals surface area (Å²) in [7, 11) is 1.66. The van der Waals surface area contributed by atoms with Crippen LogP contribution in [0.15, 0.2) is 17.5 Å². The van der Waals surface area contributed by atoms with Crippen LogP contribution in [-0.4, -0.2) is 46.1 Å². The zero-order valence-corrected chi connectivity index (χ0v) is 14.0. The van der Waals surface area contributed by atoms with E-state index in [0.717, 1.165) is 29.5 Å². The van der Waals surface area contributed by atoms with Crippen molar-refractivity contribution in [2.45, 2.75) is 31.8 Å². The molecule has 0 aromatic carbocycles. The van der Waals surface area contributed by atoms with Gasteiger partial charge in [0.05, 0.1) is 17.2 Å². The molecular formula is C16H20N4O2S. The van der Waals surface area contributed by atoms with E-state index in [0.29, 0.717) is 13.2 Å². The summed E-state index contributed by atoms with van der Waals surface area (Å²) in [6, 6.07) is 3.63. The SMILES string of the molecule is COCC1c2nnn(CC3CC3)c2CCN1C(=O)c1cccs1. The van der Waals surface area contributed by atoms with E-state index in [9.17, 15) is 4.79 Å². The molecule has 1 fully saturated rings. The van der Waals surface area contributed by atoms with E-state index in [1.54, 1.807) is 7.11 Å². The van der Waals surface area contributed by atoms with Crippen LogP contribution in [0.4, 0.5) is 0 Å². The van der Waals surface area contributed by atoms with E-state index in [2.05, 4.69) is 10.3 Å². The molecule has 1 aliphatic carbocycles. The standard InChI is InChI=1S/C16H20N4O2S/c1-22-10-13-15-12(20(18-17-15)9-11-4-5-11)6-7-19(13)16(21)14-3-2-8-23-14/h2-3,8,11,13H,4-7,9-10H2,1H3. The first-order chi connectivity index (χ1) is 11.3. The summed E-state index contributed by atoms with van der Waals surface area (Å²) in [5.41, 5.74) is 2.08. The zero-order chi connectivity index (χ0) is 15.8. The van der Waals surface area contributed by atoms with Crippen LogP contribution in [0.25, 0.3) is 0 Å². The lowest BCUT2D eigenvalue weighted by Gasteiger charge is -2.34. The molecule has 2 aromatic heterocycles. The van der Waals surface area contributed by atoms with E-state index in [4.69, 9.17) is 4.74 Å². The zero-order valence-electron chi connectivity index (χ0n) is 13.1. The molecule has 4 rings (SSSR count). The van der Waals surface area contributed by atoms with Crippen LogP contribution in [0.2, 0.25) is 0 Å². The topological polar surface area (TPSA) is 60.3 Å². The first kappa shape index (κ1) is 14.8. The van der Waals surface area contributed by atoms with Crippen LogP contribution < -0.4 is 0 Å². The van der Waals surface area contributed by atoms with Gasteiger partial charge in [0.1, 0.15) is 11.7 Å². The molecule has 0 radical (unpaired) electrons. The first-order valence-corrected chi connectivity index (χ1v) is 8.91. The third kappa shape index (κ3) is 2.79. The van der Waals surface area contributed by atoms with Crippen molar-refractivity contribution in [3.8, 4) is 0 Å². The number of hydrogen-bond acceptors (Lipinski definition) is 5. The van der Waals surface area contributed by atoms with Crippen molar-refractivity contribution in [3.05, 3.63) is 33.8 Å². The predicted molar refractivity (Wildman–Crippen MR) is 86.4 cm³/mol. The molecule has 1 unspecified atom stereocenters. The number of fused-ring (bicyclic) bond motifs is 1. The van der Waals surface area contributed by atoms with Gasteiger partial charge in [0.15, 0.2) is 0 Å². The molecule has 3 heterocycles. The smallest absolute Gasteiger partial charge is 0.264 e. The highest BCUT2D eigenvalue weighted by Gasteiger charge is 2.36. The fourth-order valence-corrected chi connectivity index (χ4v) is 3.87. The summed E-state index contributed by atoms with van der Waals surface area (Å²) in [6.07, 6.45) is 3.39. The number of carbonyl (C=O) groups is 1. The van der Waals surface area contributed by atoms with Crippen molar-refractivity contribution in [2.75, 3.05) is 20.3 Å². The van der Waals surface area contributed by atoms with Gasteiger partial charge in [-0.2, -0.15) is 0 Å². The second-order valence-electron chi connectivity index (χ2n) is 6.24. The number of thiophene rings is 1. The maximum Gasteiger partial charge on any atom is 0.264 e. The average molecular weight is 332 g/mol. The second-order valence-corrected chi connectivity index (χ2v) is 7.19. The van der Waals surface area contributed by atoms with E-state index >= 15 is 0 Å². The summed E-state index contributed by atoms with van der Waals surface area (Å²) in [6.45, 7) is 2.10. The summed E-state index contributed by atoms with van der Waals surface area (Å²) in [5.74, 6) is 0.817. The molecule has 7 heteroatoms. The number of nitrogens with zero attached hydrogens (tertiary/aromatic N) is 4. The lowest BCUT2D eigenvalue weighted by molar-refractivity contribution is 0.0494. The van der Waals surface area contributed by atoms with Crippen molar-refractivity contribution in [2.24, 2.45) is 5.92 Å². The Kier molecular flexibility index (Phi) is 3.90. The third-order valence-corrected chi connectivity index (χ3v) is 5.45. The van der Waals surface area contributed by atoms with Crippen molar-refractivity contribution < 1.29 is 9.53 Å². The lowest BCUT2D eigenvalue weighted by atomic mass is 10.0. The molecule has 1 aliphatic heterocycles. The predicted octanol–water partition coefficient (Wildman–Crippen LogP) is 2.14. The van der Waals surface area contributed by atoms with Crippen LogP contribution in [0.1, 0.15) is 39.9 Å². The summed E-state index contributed by atoms with van der Waals surface area (Å²) in [5, 5.41) is 10.7. The fourth-order valence-electron chi connectivity index (χ4n) is 3.20. The van der Waals surface area contributed by atoms with Gasteiger partial charge < -0.3 is 9.64 Å². The van der Waals surface area contributed by atoms with Crippen LogP contribution in [-0.2, 0) is 17.7 Å². The Morgan fingerprint density at radius 1 is 1.48 bits per heavy atom. The number of carbonyl (C=O) groups excluding carboxylic acids is 1. The van der Waals surface area contributed by atoms with E-state index in [1.165, 1.54) is 29.9 Å². The van der Waals surface area contributed by atoms with Crippen LogP contribution in [0, 0.1) is 5.92 Å². The van der Waals surface area contributed by atoms with Gasteiger partial charge in [-0.15, -0.1) is 16.4 Å². The third-order valence-electron chi connectivity index (χ3n) is 4.59. The molecule has 0 spiro atoms. The lowest BCUT2D eigenvalue weighted by Crippen LogP contribution is -2.42. The Morgan fingerprint density at radius 2 is 2.35 bits per heavy atom. The van der Waals surface area contributed by atoms with Gasteiger partial charge in [-0.1, -0.05) is 11.3 Å². The van der Waals surface area contributed by atoms with Crippen LogP contribution >= 0.6 is 11.3 Å². The molecule has 6 nitrogen and oxygen atoms in total. The number of aromatic nitrogens is 3. The normalized spacial score (nSPS) is 20.6. The Labute approximate surface area is 139 Å². The van der Waals surface area contributed by atoms with E-state index in [-0.39, 0.29) is 11.9 Å². The molecule has 1 amide bonds. The number of ether oxygens (including phenoxy) is 1. The summed E-state index contributed by atoms with van der Waals surface area (Å²) in [4.78, 5) is 15.4. The van der Waals surface area contributed by atoms with Gasteiger partial charge >= 0.3 is 0 Å². The van der Waals surface area contributed by atoms with Gasteiger partial charge in [-0.05, 0) is 30.2 Å². The first-order valence-electron chi connectivity index (χ1n) is 8.03. The van der Waals surface area contributed by atoms with E-state index < -0.39 is 0 Å². The van der Waals surface area contributed by atoms with Crippen molar-refractivity contribution >= 4 is 17.2 Å². The number of amides is 1. The molecule has 0 bridgehead atoms. The fraction of sp³-hybridized carbons (Fsp3) is 0.562. The maximum absolute atomic E-state index is 12.8. The molecule has 1 atom stereocenters. The molecule has 2 aromatic rings. The molecule has 0 N–H and O–H groups in total. The number of methoxy groups -OCH3 is 1. The Hall–Kier alpha value is -1.73. The Bertz CT molecular complexity index is 693. The Morgan fingerprint density at radius 3 is 3.04 bits per heavy atom. The van der Waals surface area contributed by atoms with E-state index in [1.807, 2.05) is 27.1 Å².